The number of anilines is 2. The number of nitrogen functional groups attached to an aromatic ring is 1. The molecule has 0 saturated carbocycles. The van der Waals surface area contributed by atoms with Gasteiger partial charge in [-0.15, -0.1) is 0 Å². The van der Waals surface area contributed by atoms with E-state index in [0.717, 1.165) is 5.56 Å². The van der Waals surface area contributed by atoms with Crippen molar-refractivity contribution in [1.29, 1.82) is 0 Å². The predicted molar refractivity (Wildman–Crippen MR) is 105 cm³/mol. The summed E-state index contributed by atoms with van der Waals surface area (Å²) in [5.74, 6) is -1.56. The lowest BCUT2D eigenvalue weighted by Gasteiger charge is -2.29. The van der Waals surface area contributed by atoms with Gasteiger partial charge in [-0.1, -0.05) is 24.3 Å². The Labute approximate surface area is 162 Å². The molecule has 0 aliphatic carbocycles. The van der Waals surface area contributed by atoms with Gasteiger partial charge in [-0.25, -0.2) is 4.98 Å². The normalized spacial score (nSPS) is 19.0. The number of hydrogen-bond acceptors (Lipinski definition) is 6. The molecule has 28 heavy (non-hydrogen) atoms. The van der Waals surface area contributed by atoms with Crippen molar-refractivity contribution in [3.8, 4) is 0 Å². The van der Waals surface area contributed by atoms with E-state index >= 15 is 0 Å². The van der Waals surface area contributed by atoms with Crippen molar-refractivity contribution in [2.75, 3.05) is 17.6 Å². The molecule has 2 atom stereocenters. The summed E-state index contributed by atoms with van der Waals surface area (Å²) in [6.07, 6.45) is 2.70. The molecule has 2 aromatic rings. The number of aryl methyl sites for hydroxylation is 1. The molecular weight excluding hydrogens is 358 g/mol. The third-order valence-electron chi connectivity index (χ3n) is 4.98. The maximum atomic E-state index is 12.8. The van der Waals surface area contributed by atoms with E-state index in [0.29, 0.717) is 42.0 Å². The minimum atomic E-state index is -0.746. The number of carbonyl (C=O) groups is 3. The standard InChI is InChI=1S/C20H23N5O3/c1-11-8-13(10-24-18(11)21)25-20(28)17(26)15-5-3-2-4-14(15)16-7-6-12(9-23-16)19(22)27/h2-5,8,10,12,16,23H,6-7,9H2,1H3,(H2,21,24)(H2,22,27)(H,25,28). The first-order chi connectivity index (χ1) is 13.4. The van der Waals surface area contributed by atoms with Crippen LogP contribution in [0.1, 0.15) is 40.4 Å². The van der Waals surface area contributed by atoms with Crippen LogP contribution in [0.3, 0.4) is 0 Å². The Kier molecular flexibility index (Phi) is 5.70. The summed E-state index contributed by atoms with van der Waals surface area (Å²) in [6.45, 7) is 2.22. The van der Waals surface area contributed by atoms with E-state index < -0.39 is 11.7 Å². The van der Waals surface area contributed by atoms with Gasteiger partial charge in [0.1, 0.15) is 5.82 Å². The number of aromatic nitrogens is 1. The lowest BCUT2D eigenvalue weighted by Crippen LogP contribution is -2.40. The van der Waals surface area contributed by atoms with Crippen LogP contribution in [0.2, 0.25) is 0 Å². The first-order valence-corrected chi connectivity index (χ1v) is 9.06. The molecule has 2 unspecified atom stereocenters. The Morgan fingerprint density at radius 2 is 1.96 bits per heavy atom. The molecule has 8 nitrogen and oxygen atoms in total. The van der Waals surface area contributed by atoms with Gasteiger partial charge in [0.15, 0.2) is 0 Å². The number of ketones is 1. The second-order valence-electron chi connectivity index (χ2n) is 6.93. The van der Waals surface area contributed by atoms with Crippen molar-refractivity contribution >= 4 is 29.1 Å². The SMILES string of the molecule is Cc1cc(NC(=O)C(=O)c2ccccc2C2CCC(C(N)=O)CN2)cnc1N. The highest BCUT2D eigenvalue weighted by Gasteiger charge is 2.28. The van der Waals surface area contributed by atoms with Crippen LogP contribution in [0.4, 0.5) is 11.5 Å². The van der Waals surface area contributed by atoms with Gasteiger partial charge >= 0.3 is 0 Å². The first-order valence-electron chi connectivity index (χ1n) is 9.06. The highest BCUT2D eigenvalue weighted by atomic mass is 16.2. The molecule has 146 valence electrons. The Morgan fingerprint density at radius 1 is 1.21 bits per heavy atom. The average Bonchev–Trinajstić information content (AvgIpc) is 2.70. The summed E-state index contributed by atoms with van der Waals surface area (Å²) in [7, 11) is 0. The van der Waals surface area contributed by atoms with Crippen LogP contribution < -0.4 is 22.1 Å². The molecule has 8 heteroatoms. The van der Waals surface area contributed by atoms with Gasteiger partial charge in [-0.05, 0) is 37.0 Å². The summed E-state index contributed by atoms with van der Waals surface area (Å²) in [5.41, 5.74) is 13.2. The van der Waals surface area contributed by atoms with Crippen molar-refractivity contribution in [3.63, 3.8) is 0 Å². The number of nitrogens with two attached hydrogens (primary N) is 2. The van der Waals surface area contributed by atoms with Gasteiger partial charge in [0.2, 0.25) is 5.91 Å². The fourth-order valence-corrected chi connectivity index (χ4v) is 3.34. The Hall–Kier alpha value is -3.26. The summed E-state index contributed by atoms with van der Waals surface area (Å²) >= 11 is 0. The largest absolute Gasteiger partial charge is 0.383 e. The molecule has 2 amide bonds. The van der Waals surface area contributed by atoms with E-state index in [2.05, 4.69) is 15.6 Å². The number of benzene rings is 1. The Morgan fingerprint density at radius 3 is 2.61 bits per heavy atom. The number of amides is 2. The molecule has 1 aliphatic heterocycles. The van der Waals surface area contributed by atoms with Crippen LogP contribution in [0.5, 0.6) is 0 Å². The number of hydrogen-bond donors (Lipinski definition) is 4. The lowest BCUT2D eigenvalue weighted by atomic mass is 9.87. The van der Waals surface area contributed by atoms with Crippen LogP contribution in [0.15, 0.2) is 36.5 Å². The van der Waals surface area contributed by atoms with Crippen LogP contribution in [0, 0.1) is 12.8 Å². The summed E-state index contributed by atoms with van der Waals surface area (Å²) in [5, 5.41) is 5.83. The monoisotopic (exact) mass is 381 g/mol. The fraction of sp³-hybridized carbons (Fsp3) is 0.300. The predicted octanol–water partition coefficient (Wildman–Crippen LogP) is 1.32. The number of nitrogens with one attached hydrogen (secondary N) is 2. The molecular formula is C20H23N5O3. The summed E-state index contributed by atoms with van der Waals surface area (Å²) in [6, 6.07) is 8.52. The Balaban J connectivity index is 1.76. The van der Waals surface area contributed by atoms with E-state index in [1.165, 1.54) is 6.20 Å². The fourth-order valence-electron chi connectivity index (χ4n) is 3.34. The summed E-state index contributed by atoms with van der Waals surface area (Å²) < 4.78 is 0. The minimum Gasteiger partial charge on any atom is -0.383 e. The van der Waals surface area contributed by atoms with Crippen LogP contribution in [0.25, 0.3) is 0 Å². The van der Waals surface area contributed by atoms with Crippen LogP contribution >= 0.6 is 0 Å². The van der Waals surface area contributed by atoms with Gasteiger partial charge in [-0.3, -0.25) is 14.4 Å². The minimum absolute atomic E-state index is 0.121. The van der Waals surface area contributed by atoms with E-state index in [4.69, 9.17) is 11.5 Å². The van der Waals surface area contributed by atoms with Crippen molar-refractivity contribution in [1.82, 2.24) is 10.3 Å². The van der Waals surface area contributed by atoms with E-state index in [-0.39, 0.29) is 17.9 Å². The molecule has 0 radical (unpaired) electrons. The number of Topliss-reactive ketones (excluding diaryl/α,β-unsaturated/α-hetero) is 1. The molecule has 1 aliphatic rings. The average molecular weight is 381 g/mol. The maximum Gasteiger partial charge on any atom is 0.296 e. The third kappa shape index (κ3) is 4.17. The molecule has 3 rings (SSSR count). The van der Waals surface area contributed by atoms with E-state index in [1.54, 1.807) is 25.1 Å². The quantitative estimate of drug-likeness (QED) is 0.455. The highest BCUT2D eigenvalue weighted by Crippen LogP contribution is 2.28. The van der Waals surface area contributed by atoms with Crippen LogP contribution in [-0.2, 0) is 9.59 Å². The Bertz CT molecular complexity index is 920. The number of rotatable bonds is 5. The molecule has 0 spiro atoms. The molecule has 0 bridgehead atoms. The van der Waals surface area contributed by atoms with Gasteiger partial charge < -0.3 is 22.1 Å². The highest BCUT2D eigenvalue weighted by molar-refractivity contribution is 6.46. The van der Waals surface area contributed by atoms with Crippen molar-refractivity contribution in [2.45, 2.75) is 25.8 Å². The molecule has 1 saturated heterocycles. The van der Waals surface area contributed by atoms with E-state index in [1.807, 2.05) is 12.1 Å². The maximum absolute atomic E-state index is 12.8. The molecule has 1 aromatic carbocycles. The number of pyridine rings is 1. The van der Waals surface area contributed by atoms with Gasteiger partial charge in [0.05, 0.1) is 17.8 Å². The number of piperidine rings is 1. The second kappa shape index (κ2) is 8.18. The van der Waals surface area contributed by atoms with Gasteiger partial charge in [0.25, 0.3) is 11.7 Å². The third-order valence-corrected chi connectivity index (χ3v) is 4.98. The van der Waals surface area contributed by atoms with Gasteiger partial charge in [0, 0.05) is 18.2 Å². The number of nitrogens with zero attached hydrogens (tertiary/aromatic N) is 1. The number of carbonyl (C=O) groups excluding carboxylic acids is 3. The molecule has 1 aromatic heterocycles. The second-order valence-corrected chi connectivity index (χ2v) is 6.93. The molecule has 6 N–H and O–H groups in total. The molecule has 1 fully saturated rings. The zero-order valence-corrected chi connectivity index (χ0v) is 15.6. The zero-order valence-electron chi connectivity index (χ0n) is 15.6. The van der Waals surface area contributed by atoms with Gasteiger partial charge in [-0.2, -0.15) is 0 Å². The van der Waals surface area contributed by atoms with E-state index in [9.17, 15) is 14.4 Å². The first kappa shape index (κ1) is 19.5. The number of primary amides is 1. The van der Waals surface area contributed by atoms with Crippen molar-refractivity contribution < 1.29 is 14.4 Å². The zero-order chi connectivity index (χ0) is 20.3. The lowest BCUT2D eigenvalue weighted by molar-refractivity contribution is -0.122. The topological polar surface area (TPSA) is 140 Å². The molecule has 2 heterocycles. The van der Waals surface area contributed by atoms with Crippen molar-refractivity contribution in [3.05, 3.63) is 53.2 Å². The van der Waals surface area contributed by atoms with Crippen molar-refractivity contribution in [2.24, 2.45) is 11.7 Å². The smallest absolute Gasteiger partial charge is 0.296 e. The summed E-state index contributed by atoms with van der Waals surface area (Å²) in [4.78, 5) is 40.6. The van der Waals surface area contributed by atoms with Crippen LogP contribution in [-0.4, -0.2) is 29.1 Å².